The quantitative estimate of drug-likeness (QED) is 0.430. The predicted molar refractivity (Wildman–Crippen MR) is 137 cm³/mol. The molecule has 0 aliphatic carbocycles. The Morgan fingerprint density at radius 3 is 2.85 bits per heavy atom. The molecule has 2 aromatic heterocycles. The Labute approximate surface area is 222 Å². The number of aliphatic hydroxyl groups is 2. The average molecular weight is 545 g/mol. The third kappa shape index (κ3) is 5.59. The van der Waals surface area contributed by atoms with Gasteiger partial charge in [-0.25, -0.2) is 14.8 Å². The van der Waals surface area contributed by atoms with Gasteiger partial charge < -0.3 is 25.2 Å². The fourth-order valence-electron chi connectivity index (χ4n) is 4.85. The number of ether oxygens (including phenoxy) is 1. The molecule has 0 spiro atoms. The highest BCUT2D eigenvalue weighted by Gasteiger charge is 2.40. The number of alkyl halides is 3. The van der Waals surface area contributed by atoms with E-state index in [1.807, 2.05) is 0 Å². The molecule has 3 aromatic rings. The van der Waals surface area contributed by atoms with Gasteiger partial charge in [-0.1, -0.05) is 12.1 Å². The topological polar surface area (TPSA) is 124 Å². The maximum atomic E-state index is 13.6. The molecular formula is C26H27F3N6O4. The zero-order chi connectivity index (χ0) is 27.7. The van der Waals surface area contributed by atoms with Crippen molar-refractivity contribution in [1.82, 2.24) is 15.0 Å². The molecular weight excluding hydrogens is 517 g/mol. The zero-order valence-corrected chi connectivity index (χ0v) is 21.0. The van der Waals surface area contributed by atoms with Gasteiger partial charge in [-0.2, -0.15) is 13.2 Å². The van der Waals surface area contributed by atoms with E-state index in [1.54, 1.807) is 11.8 Å². The number of anilines is 3. The monoisotopic (exact) mass is 544 g/mol. The van der Waals surface area contributed by atoms with Gasteiger partial charge in [-0.05, 0) is 31.9 Å². The molecule has 2 aliphatic heterocycles. The summed E-state index contributed by atoms with van der Waals surface area (Å²) in [6, 6.07) is 5.65. The molecule has 3 N–H and O–H groups in total. The van der Waals surface area contributed by atoms with Crippen molar-refractivity contribution in [3.63, 3.8) is 0 Å². The fourth-order valence-corrected chi connectivity index (χ4v) is 4.85. The van der Waals surface area contributed by atoms with E-state index in [4.69, 9.17) is 9.84 Å². The Morgan fingerprint density at radius 1 is 1.26 bits per heavy atom. The second-order valence-corrected chi connectivity index (χ2v) is 9.48. The molecule has 2 amide bonds. The van der Waals surface area contributed by atoms with Crippen molar-refractivity contribution in [2.75, 3.05) is 41.4 Å². The van der Waals surface area contributed by atoms with E-state index in [0.29, 0.717) is 29.4 Å². The summed E-state index contributed by atoms with van der Waals surface area (Å²) in [7, 11) is 0. The lowest BCUT2D eigenvalue weighted by Crippen LogP contribution is -2.56. The Bertz CT molecular complexity index is 1370. The number of amides is 2. The predicted octanol–water partition coefficient (Wildman–Crippen LogP) is 3.62. The van der Waals surface area contributed by atoms with Crippen LogP contribution in [0.2, 0.25) is 0 Å². The summed E-state index contributed by atoms with van der Waals surface area (Å²) in [6.45, 7) is 2.49. The van der Waals surface area contributed by atoms with Gasteiger partial charge in [0.05, 0.1) is 42.0 Å². The number of pyridine rings is 1. The third-order valence-corrected chi connectivity index (χ3v) is 6.63. The summed E-state index contributed by atoms with van der Waals surface area (Å²) in [5, 5.41) is 21.3. The molecule has 2 bridgehead atoms. The van der Waals surface area contributed by atoms with Crippen molar-refractivity contribution in [1.29, 1.82) is 0 Å². The molecule has 0 radical (unpaired) electrons. The minimum absolute atomic E-state index is 0.0934. The minimum atomic E-state index is -4.52. The van der Waals surface area contributed by atoms with Crippen molar-refractivity contribution in [2.24, 2.45) is 0 Å². The van der Waals surface area contributed by atoms with Crippen LogP contribution in [-0.4, -0.2) is 69.6 Å². The van der Waals surface area contributed by atoms with Crippen molar-refractivity contribution < 1.29 is 32.9 Å². The van der Waals surface area contributed by atoms with Crippen LogP contribution < -0.4 is 19.9 Å². The van der Waals surface area contributed by atoms with Crippen molar-refractivity contribution in [3.8, 4) is 17.1 Å². The lowest BCUT2D eigenvalue weighted by molar-refractivity contribution is -0.137. The number of carbonyl (C=O) groups is 1. The largest absolute Gasteiger partial charge is 0.489 e. The van der Waals surface area contributed by atoms with Crippen LogP contribution >= 0.6 is 0 Å². The molecule has 10 nitrogen and oxygen atoms in total. The second kappa shape index (κ2) is 10.7. The van der Waals surface area contributed by atoms with Crippen LogP contribution in [0.3, 0.4) is 0 Å². The number of fused-ring (bicyclic) bond motifs is 4. The number of halogens is 3. The number of benzene rings is 1. The number of urea groups is 1. The van der Waals surface area contributed by atoms with Crippen molar-refractivity contribution in [2.45, 2.75) is 38.1 Å². The molecule has 4 heterocycles. The molecule has 1 saturated heterocycles. The first kappa shape index (κ1) is 26.6. The van der Waals surface area contributed by atoms with E-state index in [0.717, 1.165) is 31.5 Å². The molecule has 0 saturated carbocycles. The first-order chi connectivity index (χ1) is 18.6. The van der Waals surface area contributed by atoms with Crippen molar-refractivity contribution >= 4 is 23.2 Å². The van der Waals surface area contributed by atoms with Crippen LogP contribution in [0.25, 0.3) is 11.4 Å². The molecule has 2 atom stereocenters. The van der Waals surface area contributed by atoms with Crippen LogP contribution in [0.15, 0.2) is 42.7 Å². The van der Waals surface area contributed by atoms with Gasteiger partial charge in [0.15, 0.2) is 11.6 Å². The average Bonchev–Trinajstić information content (AvgIpc) is 2.91. The van der Waals surface area contributed by atoms with Gasteiger partial charge >= 0.3 is 12.2 Å². The summed E-state index contributed by atoms with van der Waals surface area (Å²) in [5.74, 6) is 0.707. The Hall–Kier alpha value is -3.97. The summed E-state index contributed by atoms with van der Waals surface area (Å²) >= 11 is 0. The van der Waals surface area contributed by atoms with E-state index < -0.39 is 30.5 Å². The number of aromatic nitrogens is 3. The Morgan fingerprint density at radius 2 is 2.08 bits per heavy atom. The molecule has 0 unspecified atom stereocenters. The number of nitrogens with zero attached hydrogens (tertiary/aromatic N) is 5. The highest BCUT2D eigenvalue weighted by Crippen LogP contribution is 2.41. The molecule has 13 heteroatoms. The Kier molecular flexibility index (Phi) is 7.28. The van der Waals surface area contributed by atoms with Crippen LogP contribution in [-0.2, 0) is 6.18 Å². The summed E-state index contributed by atoms with van der Waals surface area (Å²) in [6.07, 6.45) is -1.16. The zero-order valence-electron chi connectivity index (χ0n) is 21.0. The number of carbonyl (C=O) groups excluding carboxylic acids is 1. The van der Waals surface area contributed by atoms with Crippen LogP contribution in [0.1, 0.15) is 24.1 Å². The maximum absolute atomic E-state index is 13.6. The molecule has 2 aliphatic rings. The summed E-state index contributed by atoms with van der Waals surface area (Å²) in [4.78, 5) is 30.5. The minimum Gasteiger partial charge on any atom is -0.489 e. The molecule has 206 valence electrons. The number of hydrogen-bond acceptors (Lipinski definition) is 8. The number of aryl methyl sites for hydroxylation is 1. The second-order valence-electron chi connectivity index (χ2n) is 9.48. The number of nitrogens with one attached hydrogen (secondary N) is 1. The highest BCUT2D eigenvalue weighted by molar-refractivity contribution is 6.04. The standard InChI is InChI=1S/C26H27F3N6O4/c1-15-22-24(33-23(31-15)16-4-2-5-17(8-16)26(27,28)29)35(19-6-3-7-34(22)12-19)25(38)32-18-9-21(11-30-10-18)39-14-20(37)13-36/h2,4-5,8-11,19-20,36-37H,3,6-7,12-14H2,1H3,(H,32,38)/t19-,20+/m0/s1. The van der Waals surface area contributed by atoms with Crippen LogP contribution in [0, 0.1) is 6.92 Å². The van der Waals surface area contributed by atoms with Gasteiger partial charge in [0.1, 0.15) is 24.1 Å². The van der Waals surface area contributed by atoms with E-state index in [9.17, 15) is 23.1 Å². The van der Waals surface area contributed by atoms with Gasteiger partial charge in [-0.15, -0.1) is 0 Å². The van der Waals surface area contributed by atoms with E-state index in [-0.39, 0.29) is 29.8 Å². The van der Waals surface area contributed by atoms with E-state index >= 15 is 0 Å². The van der Waals surface area contributed by atoms with Gasteiger partial charge in [0.25, 0.3) is 0 Å². The third-order valence-electron chi connectivity index (χ3n) is 6.63. The maximum Gasteiger partial charge on any atom is 0.416 e. The number of piperidine rings is 1. The summed E-state index contributed by atoms with van der Waals surface area (Å²) in [5.41, 5.74) is 0.950. The fraction of sp³-hybridized carbons (Fsp3) is 0.385. The van der Waals surface area contributed by atoms with Gasteiger partial charge in [0, 0.05) is 24.7 Å². The number of aliphatic hydroxyl groups excluding tert-OH is 2. The first-order valence-electron chi connectivity index (χ1n) is 12.4. The van der Waals surface area contributed by atoms with Crippen molar-refractivity contribution in [3.05, 3.63) is 54.0 Å². The molecule has 1 fully saturated rings. The van der Waals surface area contributed by atoms with E-state index in [1.165, 1.54) is 30.6 Å². The SMILES string of the molecule is Cc1nc(-c2cccc(C(F)(F)F)c2)nc2c1N1CCC[C@@H](C1)N2C(=O)Nc1cncc(OC[C@H](O)CO)c1. The van der Waals surface area contributed by atoms with Crippen LogP contribution in [0.4, 0.5) is 35.2 Å². The lowest BCUT2D eigenvalue weighted by atomic mass is 9.99. The number of hydrogen-bond donors (Lipinski definition) is 3. The number of rotatable bonds is 6. The molecule has 39 heavy (non-hydrogen) atoms. The molecule has 5 rings (SSSR count). The Balaban J connectivity index is 1.48. The normalized spacial score (nSPS) is 17.4. The van der Waals surface area contributed by atoms with Crippen LogP contribution in [0.5, 0.6) is 5.75 Å². The summed E-state index contributed by atoms with van der Waals surface area (Å²) < 4.78 is 45.5. The lowest BCUT2D eigenvalue weighted by Gasteiger charge is -2.46. The smallest absolute Gasteiger partial charge is 0.416 e. The van der Waals surface area contributed by atoms with Gasteiger partial charge in [-0.3, -0.25) is 9.88 Å². The van der Waals surface area contributed by atoms with Gasteiger partial charge in [0.2, 0.25) is 0 Å². The first-order valence-corrected chi connectivity index (χ1v) is 12.4. The van der Waals surface area contributed by atoms with E-state index in [2.05, 4.69) is 25.2 Å². The molecule has 1 aromatic carbocycles. The highest BCUT2D eigenvalue weighted by atomic mass is 19.4.